The number of aryl methyl sites for hydroxylation is 3. The maximum atomic E-state index is 13.3. The molecule has 0 bridgehead atoms. The van der Waals surface area contributed by atoms with Gasteiger partial charge in [0.25, 0.3) is 5.56 Å². The summed E-state index contributed by atoms with van der Waals surface area (Å²) in [6.45, 7) is 7.85. The Kier molecular flexibility index (Phi) is 7.20. The molecule has 0 aliphatic rings. The van der Waals surface area contributed by atoms with Gasteiger partial charge in [-0.1, -0.05) is 41.1 Å². The van der Waals surface area contributed by atoms with Crippen molar-refractivity contribution in [1.82, 2.24) is 24.5 Å². The third-order valence-corrected chi connectivity index (χ3v) is 6.33. The largest absolute Gasteiger partial charge is 0.354 e. The van der Waals surface area contributed by atoms with Gasteiger partial charge >= 0.3 is 0 Å². The van der Waals surface area contributed by atoms with E-state index in [0.717, 1.165) is 16.8 Å². The van der Waals surface area contributed by atoms with E-state index in [0.29, 0.717) is 21.8 Å². The Morgan fingerprint density at radius 3 is 2.43 bits per heavy atom. The molecule has 10 heteroatoms. The Labute approximate surface area is 206 Å². The van der Waals surface area contributed by atoms with Crippen LogP contribution in [0.2, 0.25) is 0 Å². The van der Waals surface area contributed by atoms with Crippen LogP contribution in [0, 0.1) is 13.8 Å². The number of benzene rings is 2. The van der Waals surface area contributed by atoms with Crippen molar-refractivity contribution in [2.45, 2.75) is 51.9 Å². The summed E-state index contributed by atoms with van der Waals surface area (Å²) in [5.41, 5.74) is 3.21. The van der Waals surface area contributed by atoms with Crippen molar-refractivity contribution >= 4 is 45.9 Å². The Morgan fingerprint density at radius 1 is 1.00 bits per heavy atom. The number of nitrogens with zero attached hydrogens (tertiary/aromatic N) is 4. The summed E-state index contributed by atoms with van der Waals surface area (Å²) >= 11 is 1.24. The SMILES string of the molecule is Cc1ccc(NC(=O)CSc2nnc3n(CCC(=O)NC(C)C)c(=O)c4cc(C)ccc4n23)cc1. The fourth-order valence-electron chi connectivity index (χ4n) is 3.77. The van der Waals surface area contributed by atoms with Crippen molar-refractivity contribution in [1.29, 1.82) is 0 Å². The summed E-state index contributed by atoms with van der Waals surface area (Å²) in [7, 11) is 0. The molecule has 0 radical (unpaired) electrons. The first-order chi connectivity index (χ1) is 16.7. The topological polar surface area (TPSA) is 110 Å². The van der Waals surface area contributed by atoms with Gasteiger partial charge in [0.1, 0.15) is 0 Å². The number of hydrogen-bond donors (Lipinski definition) is 2. The third kappa shape index (κ3) is 5.54. The molecule has 0 saturated carbocycles. The molecule has 2 amide bonds. The number of aromatic nitrogens is 4. The molecule has 0 fully saturated rings. The fourth-order valence-corrected chi connectivity index (χ4v) is 4.51. The van der Waals surface area contributed by atoms with Crippen LogP contribution >= 0.6 is 11.8 Å². The molecule has 0 aliphatic carbocycles. The van der Waals surface area contributed by atoms with Crippen molar-refractivity contribution in [2.24, 2.45) is 0 Å². The molecule has 0 unspecified atom stereocenters. The van der Waals surface area contributed by atoms with Gasteiger partial charge in [-0.05, 0) is 52.0 Å². The standard InChI is InChI=1S/C25H28N6O3S/c1-15(2)26-21(32)11-12-30-23(34)19-13-17(4)7-10-20(19)31-24(30)28-29-25(31)35-14-22(33)27-18-8-5-16(3)6-9-18/h5-10,13,15H,11-12,14H2,1-4H3,(H,26,32)(H,27,33). The molecule has 35 heavy (non-hydrogen) atoms. The molecular weight excluding hydrogens is 464 g/mol. The maximum Gasteiger partial charge on any atom is 0.262 e. The van der Waals surface area contributed by atoms with Gasteiger partial charge in [0.15, 0.2) is 5.16 Å². The molecule has 4 aromatic rings. The van der Waals surface area contributed by atoms with Gasteiger partial charge in [-0.15, -0.1) is 10.2 Å². The van der Waals surface area contributed by atoms with Gasteiger partial charge in [-0.3, -0.25) is 23.4 Å². The fraction of sp³-hybridized carbons (Fsp3) is 0.320. The predicted molar refractivity (Wildman–Crippen MR) is 138 cm³/mol. The molecule has 4 rings (SSSR count). The first-order valence-corrected chi connectivity index (χ1v) is 12.4. The zero-order valence-electron chi connectivity index (χ0n) is 20.2. The highest BCUT2D eigenvalue weighted by Crippen LogP contribution is 2.23. The van der Waals surface area contributed by atoms with Gasteiger partial charge in [0.2, 0.25) is 17.6 Å². The van der Waals surface area contributed by atoms with Crippen LogP contribution in [-0.4, -0.2) is 42.8 Å². The lowest BCUT2D eigenvalue weighted by Gasteiger charge is -2.13. The maximum absolute atomic E-state index is 13.3. The highest BCUT2D eigenvalue weighted by Gasteiger charge is 2.19. The monoisotopic (exact) mass is 492 g/mol. The second-order valence-electron chi connectivity index (χ2n) is 8.77. The van der Waals surface area contributed by atoms with Gasteiger partial charge in [0, 0.05) is 24.7 Å². The minimum absolute atomic E-state index is 0.0145. The number of fused-ring (bicyclic) bond motifs is 3. The Hall–Kier alpha value is -3.66. The molecule has 0 aliphatic heterocycles. The summed E-state index contributed by atoms with van der Waals surface area (Å²) in [5.74, 6) is 0.147. The lowest BCUT2D eigenvalue weighted by Crippen LogP contribution is -2.32. The molecule has 9 nitrogen and oxygen atoms in total. The van der Waals surface area contributed by atoms with Crippen molar-refractivity contribution < 1.29 is 9.59 Å². The first-order valence-electron chi connectivity index (χ1n) is 11.4. The van der Waals surface area contributed by atoms with Crippen LogP contribution in [0.15, 0.2) is 52.4 Å². The lowest BCUT2D eigenvalue weighted by atomic mass is 10.1. The molecule has 0 saturated heterocycles. The van der Waals surface area contributed by atoms with Crippen molar-refractivity contribution in [3.8, 4) is 0 Å². The van der Waals surface area contributed by atoms with Crippen LogP contribution in [0.5, 0.6) is 0 Å². The van der Waals surface area contributed by atoms with Crippen LogP contribution in [-0.2, 0) is 16.1 Å². The minimum Gasteiger partial charge on any atom is -0.354 e. The highest BCUT2D eigenvalue weighted by molar-refractivity contribution is 7.99. The van der Waals surface area contributed by atoms with Gasteiger partial charge in [-0.2, -0.15) is 0 Å². The zero-order chi connectivity index (χ0) is 25.1. The van der Waals surface area contributed by atoms with Gasteiger partial charge < -0.3 is 10.6 Å². The van der Waals surface area contributed by atoms with Crippen molar-refractivity contribution in [2.75, 3.05) is 11.1 Å². The Bertz CT molecular complexity index is 1460. The van der Waals surface area contributed by atoms with Crippen molar-refractivity contribution in [3.05, 3.63) is 63.9 Å². The van der Waals surface area contributed by atoms with E-state index in [4.69, 9.17) is 0 Å². The Balaban J connectivity index is 1.65. The number of amides is 2. The molecular formula is C25H28N6O3S. The van der Waals surface area contributed by atoms with E-state index in [9.17, 15) is 14.4 Å². The van der Waals surface area contributed by atoms with E-state index < -0.39 is 0 Å². The molecule has 2 N–H and O–H groups in total. The number of carbonyl (C=O) groups is 2. The summed E-state index contributed by atoms with van der Waals surface area (Å²) in [6.07, 6.45) is 0.138. The van der Waals surface area contributed by atoms with Crippen molar-refractivity contribution in [3.63, 3.8) is 0 Å². The second-order valence-corrected chi connectivity index (χ2v) is 9.71. The van der Waals surface area contributed by atoms with Crippen LogP contribution in [0.4, 0.5) is 5.69 Å². The summed E-state index contributed by atoms with van der Waals surface area (Å²) < 4.78 is 3.26. The van der Waals surface area contributed by atoms with Crippen LogP contribution in [0.25, 0.3) is 16.7 Å². The van der Waals surface area contributed by atoms with E-state index >= 15 is 0 Å². The normalized spacial score (nSPS) is 11.3. The van der Waals surface area contributed by atoms with Gasteiger partial charge in [0.05, 0.1) is 16.7 Å². The quantitative estimate of drug-likeness (QED) is 0.365. The number of nitrogens with one attached hydrogen (secondary N) is 2. The van der Waals surface area contributed by atoms with Crippen LogP contribution in [0.1, 0.15) is 31.4 Å². The summed E-state index contributed by atoms with van der Waals surface area (Å²) in [4.78, 5) is 38.1. The predicted octanol–water partition coefficient (Wildman–Crippen LogP) is 3.31. The number of anilines is 1. The Morgan fingerprint density at radius 2 is 1.71 bits per heavy atom. The van der Waals surface area contributed by atoms with Crippen LogP contribution in [0.3, 0.4) is 0 Å². The number of hydrogen-bond acceptors (Lipinski definition) is 6. The number of rotatable bonds is 8. The second kappa shape index (κ2) is 10.3. The highest BCUT2D eigenvalue weighted by atomic mass is 32.2. The molecule has 0 spiro atoms. The van der Waals surface area contributed by atoms with Crippen LogP contribution < -0.4 is 16.2 Å². The molecule has 2 aromatic carbocycles. The van der Waals surface area contributed by atoms with E-state index in [1.165, 1.54) is 16.3 Å². The number of thioether (sulfide) groups is 1. The smallest absolute Gasteiger partial charge is 0.262 e. The minimum atomic E-state index is -0.227. The average molecular weight is 493 g/mol. The first kappa shape index (κ1) is 24.5. The average Bonchev–Trinajstić information content (AvgIpc) is 3.22. The van der Waals surface area contributed by atoms with E-state index in [1.807, 2.05) is 70.2 Å². The zero-order valence-corrected chi connectivity index (χ0v) is 21.0. The molecule has 2 heterocycles. The van der Waals surface area contributed by atoms with E-state index in [2.05, 4.69) is 20.8 Å². The van der Waals surface area contributed by atoms with E-state index in [-0.39, 0.29) is 42.1 Å². The lowest BCUT2D eigenvalue weighted by molar-refractivity contribution is -0.121. The molecule has 182 valence electrons. The number of carbonyl (C=O) groups excluding carboxylic acids is 2. The molecule has 0 atom stereocenters. The third-order valence-electron chi connectivity index (χ3n) is 5.41. The van der Waals surface area contributed by atoms with Gasteiger partial charge in [-0.25, -0.2) is 0 Å². The molecule has 2 aromatic heterocycles. The summed E-state index contributed by atoms with van der Waals surface area (Å²) in [5, 5.41) is 15.2. The summed E-state index contributed by atoms with van der Waals surface area (Å²) in [6, 6.07) is 13.2. The van der Waals surface area contributed by atoms with E-state index in [1.54, 1.807) is 4.40 Å².